The molecule has 0 aromatic heterocycles. The van der Waals surface area contributed by atoms with E-state index in [1.807, 2.05) is 49.4 Å². The molecule has 0 spiro atoms. The summed E-state index contributed by atoms with van der Waals surface area (Å²) in [7, 11) is 0. The second-order valence-corrected chi connectivity index (χ2v) is 5.08. The van der Waals surface area contributed by atoms with Crippen molar-refractivity contribution < 1.29 is 14.3 Å². The molecule has 0 bridgehead atoms. The Morgan fingerprint density at radius 2 is 1.95 bits per heavy atom. The third-order valence-electron chi connectivity index (χ3n) is 3.39. The van der Waals surface area contributed by atoms with Crippen LogP contribution in [0.15, 0.2) is 42.5 Å². The van der Waals surface area contributed by atoms with Gasteiger partial charge in [-0.15, -0.1) is 0 Å². The monoisotopic (exact) mass is 301 g/mol. The van der Waals surface area contributed by atoms with Crippen molar-refractivity contribution in [1.82, 2.24) is 5.32 Å². The van der Waals surface area contributed by atoms with Gasteiger partial charge in [-0.1, -0.05) is 36.4 Å². The fourth-order valence-corrected chi connectivity index (χ4v) is 2.22. The number of fused-ring (bicyclic) bond motifs is 1. The Labute approximate surface area is 131 Å². The summed E-state index contributed by atoms with van der Waals surface area (Å²) in [5, 5.41) is 4.98. The first kappa shape index (κ1) is 16.3. The summed E-state index contributed by atoms with van der Waals surface area (Å²) in [5.41, 5.74) is 0. The van der Waals surface area contributed by atoms with Gasteiger partial charge < -0.3 is 14.8 Å². The minimum absolute atomic E-state index is 0.107. The third-order valence-corrected chi connectivity index (χ3v) is 3.39. The first-order valence-corrected chi connectivity index (χ1v) is 7.72. The zero-order chi connectivity index (χ0) is 15.8. The molecule has 0 radical (unpaired) electrons. The molecule has 0 saturated heterocycles. The van der Waals surface area contributed by atoms with Crippen LogP contribution in [0.2, 0.25) is 0 Å². The summed E-state index contributed by atoms with van der Waals surface area (Å²) in [6, 6.07) is 13.8. The standard InChI is InChI=1S/C18H23NO3/c1-3-21-13-7-12-19-18(20)14(2)22-17-11-6-9-15-8-4-5-10-16(15)17/h4-6,8-11,14H,3,7,12-13H2,1-2H3,(H,19,20)/t14-/m0/s1. The molecule has 0 heterocycles. The van der Waals surface area contributed by atoms with Crippen LogP contribution in [0.5, 0.6) is 5.75 Å². The number of rotatable bonds is 8. The van der Waals surface area contributed by atoms with Gasteiger partial charge in [-0.25, -0.2) is 0 Å². The molecule has 118 valence electrons. The highest BCUT2D eigenvalue weighted by atomic mass is 16.5. The Hall–Kier alpha value is -2.07. The molecule has 0 unspecified atom stereocenters. The lowest BCUT2D eigenvalue weighted by atomic mass is 10.1. The zero-order valence-corrected chi connectivity index (χ0v) is 13.2. The number of carbonyl (C=O) groups excluding carboxylic acids is 1. The van der Waals surface area contributed by atoms with Gasteiger partial charge in [0, 0.05) is 25.1 Å². The lowest BCUT2D eigenvalue weighted by Crippen LogP contribution is -2.37. The van der Waals surface area contributed by atoms with Gasteiger partial charge in [-0.2, -0.15) is 0 Å². The van der Waals surface area contributed by atoms with E-state index in [9.17, 15) is 4.79 Å². The maximum absolute atomic E-state index is 12.0. The predicted octanol–water partition coefficient (Wildman–Crippen LogP) is 3.15. The average Bonchev–Trinajstić information content (AvgIpc) is 2.54. The van der Waals surface area contributed by atoms with Gasteiger partial charge in [0.25, 0.3) is 5.91 Å². The summed E-state index contributed by atoms with van der Waals surface area (Å²) < 4.78 is 11.1. The lowest BCUT2D eigenvalue weighted by Gasteiger charge is -2.16. The van der Waals surface area contributed by atoms with Crippen LogP contribution in [0.4, 0.5) is 0 Å². The van der Waals surface area contributed by atoms with Crippen LogP contribution in [0.1, 0.15) is 20.3 Å². The molecule has 1 N–H and O–H groups in total. The second kappa shape index (κ2) is 8.39. The molecule has 2 aromatic carbocycles. The maximum Gasteiger partial charge on any atom is 0.260 e. The normalized spacial score (nSPS) is 12.1. The van der Waals surface area contributed by atoms with Crippen molar-refractivity contribution in [3.8, 4) is 5.75 Å². The van der Waals surface area contributed by atoms with Crippen LogP contribution in [-0.2, 0) is 9.53 Å². The van der Waals surface area contributed by atoms with Crippen LogP contribution in [0.25, 0.3) is 10.8 Å². The summed E-state index contributed by atoms with van der Waals surface area (Å²) in [5.74, 6) is 0.625. The van der Waals surface area contributed by atoms with Crippen LogP contribution >= 0.6 is 0 Å². The van der Waals surface area contributed by atoms with Gasteiger partial charge in [0.1, 0.15) is 5.75 Å². The predicted molar refractivity (Wildman–Crippen MR) is 88.2 cm³/mol. The van der Waals surface area contributed by atoms with E-state index in [0.717, 1.165) is 22.9 Å². The molecule has 0 saturated carbocycles. The molecule has 0 fully saturated rings. The van der Waals surface area contributed by atoms with Gasteiger partial charge in [0.05, 0.1) is 0 Å². The molecule has 2 aromatic rings. The van der Waals surface area contributed by atoms with E-state index in [-0.39, 0.29) is 5.91 Å². The van der Waals surface area contributed by atoms with E-state index in [1.54, 1.807) is 6.92 Å². The lowest BCUT2D eigenvalue weighted by molar-refractivity contribution is -0.127. The number of hydrogen-bond donors (Lipinski definition) is 1. The first-order chi connectivity index (χ1) is 10.7. The Kier molecular flexibility index (Phi) is 6.22. The van der Waals surface area contributed by atoms with E-state index in [0.29, 0.717) is 19.8 Å². The number of amides is 1. The highest BCUT2D eigenvalue weighted by molar-refractivity contribution is 5.89. The molecule has 0 aliphatic carbocycles. The highest BCUT2D eigenvalue weighted by Gasteiger charge is 2.15. The molecule has 1 amide bonds. The molecular formula is C18H23NO3. The summed E-state index contributed by atoms with van der Waals surface area (Å²) in [6.07, 6.45) is 0.276. The number of carbonyl (C=O) groups is 1. The molecule has 4 heteroatoms. The molecule has 0 aliphatic heterocycles. The number of nitrogens with one attached hydrogen (secondary N) is 1. The van der Waals surface area contributed by atoms with Crippen molar-refractivity contribution in [3.05, 3.63) is 42.5 Å². The number of ether oxygens (including phenoxy) is 2. The van der Waals surface area contributed by atoms with Crippen LogP contribution in [0, 0.1) is 0 Å². The van der Waals surface area contributed by atoms with Crippen LogP contribution in [0.3, 0.4) is 0 Å². The maximum atomic E-state index is 12.0. The van der Waals surface area contributed by atoms with Crippen LogP contribution < -0.4 is 10.1 Å². The largest absolute Gasteiger partial charge is 0.480 e. The second-order valence-electron chi connectivity index (χ2n) is 5.08. The van der Waals surface area contributed by atoms with Gasteiger partial charge in [0.15, 0.2) is 6.10 Å². The zero-order valence-electron chi connectivity index (χ0n) is 13.2. The molecule has 4 nitrogen and oxygen atoms in total. The van der Waals surface area contributed by atoms with E-state index in [2.05, 4.69) is 5.32 Å². The SMILES string of the molecule is CCOCCCNC(=O)[C@H](C)Oc1cccc2ccccc12. The van der Waals surface area contributed by atoms with E-state index < -0.39 is 6.10 Å². The minimum atomic E-state index is -0.530. The van der Waals surface area contributed by atoms with Gasteiger partial charge in [-0.3, -0.25) is 4.79 Å². The van der Waals surface area contributed by atoms with E-state index in [1.165, 1.54) is 0 Å². The van der Waals surface area contributed by atoms with Gasteiger partial charge in [0.2, 0.25) is 0 Å². The van der Waals surface area contributed by atoms with Crippen molar-refractivity contribution in [2.45, 2.75) is 26.4 Å². The fraction of sp³-hybridized carbons (Fsp3) is 0.389. The van der Waals surface area contributed by atoms with Crippen molar-refractivity contribution >= 4 is 16.7 Å². The Morgan fingerprint density at radius 3 is 2.77 bits per heavy atom. The van der Waals surface area contributed by atoms with E-state index in [4.69, 9.17) is 9.47 Å². The molecular weight excluding hydrogens is 278 g/mol. The molecule has 0 aliphatic rings. The van der Waals surface area contributed by atoms with Gasteiger partial charge >= 0.3 is 0 Å². The van der Waals surface area contributed by atoms with Crippen molar-refractivity contribution in [1.29, 1.82) is 0 Å². The Balaban J connectivity index is 1.90. The number of hydrogen-bond acceptors (Lipinski definition) is 3. The Bertz CT molecular complexity index is 607. The van der Waals surface area contributed by atoms with Crippen molar-refractivity contribution in [2.75, 3.05) is 19.8 Å². The van der Waals surface area contributed by atoms with E-state index >= 15 is 0 Å². The summed E-state index contributed by atoms with van der Waals surface area (Å²) in [4.78, 5) is 12.0. The van der Waals surface area contributed by atoms with Crippen molar-refractivity contribution in [3.63, 3.8) is 0 Å². The smallest absolute Gasteiger partial charge is 0.260 e. The topological polar surface area (TPSA) is 47.6 Å². The quantitative estimate of drug-likeness (QED) is 0.762. The molecule has 22 heavy (non-hydrogen) atoms. The Morgan fingerprint density at radius 1 is 1.18 bits per heavy atom. The minimum Gasteiger partial charge on any atom is -0.480 e. The first-order valence-electron chi connectivity index (χ1n) is 7.72. The summed E-state index contributed by atoms with van der Waals surface area (Å²) >= 11 is 0. The summed E-state index contributed by atoms with van der Waals surface area (Å²) in [6.45, 7) is 5.68. The highest BCUT2D eigenvalue weighted by Crippen LogP contribution is 2.25. The van der Waals surface area contributed by atoms with Crippen LogP contribution in [-0.4, -0.2) is 31.8 Å². The average molecular weight is 301 g/mol. The third kappa shape index (κ3) is 4.46. The number of benzene rings is 2. The molecule has 2 rings (SSSR count). The fourth-order valence-electron chi connectivity index (χ4n) is 2.22. The van der Waals surface area contributed by atoms with Crippen molar-refractivity contribution in [2.24, 2.45) is 0 Å². The van der Waals surface area contributed by atoms with Gasteiger partial charge in [-0.05, 0) is 31.7 Å². The molecule has 1 atom stereocenters.